The first-order valence-corrected chi connectivity index (χ1v) is 11.1. The summed E-state index contributed by atoms with van der Waals surface area (Å²) in [6.45, 7) is 4.06. The highest BCUT2D eigenvalue weighted by Crippen LogP contribution is 2.58. The number of methoxy groups -OCH3 is 1. The van der Waals surface area contributed by atoms with E-state index in [-0.39, 0.29) is 12.6 Å². The van der Waals surface area contributed by atoms with E-state index in [0.29, 0.717) is 36.6 Å². The predicted octanol–water partition coefficient (Wildman–Crippen LogP) is 3.18. The molecule has 0 unspecified atom stereocenters. The van der Waals surface area contributed by atoms with Gasteiger partial charge in [-0.1, -0.05) is 46.6 Å². The second kappa shape index (κ2) is 8.92. The molecule has 0 aromatic heterocycles. The normalized spacial score (nSPS) is 30.8. The number of alkyl halides is 1. The molecule has 1 N–H and O–H groups in total. The Kier molecular flexibility index (Phi) is 6.84. The molecule has 1 aromatic rings. The molecule has 1 aliphatic heterocycles. The minimum atomic E-state index is -1.29. The Bertz CT molecular complexity index is 889. The Balaban J connectivity index is 2.07. The highest BCUT2D eigenvalue weighted by Gasteiger charge is 2.65. The van der Waals surface area contributed by atoms with Crippen molar-refractivity contribution in [1.29, 1.82) is 0 Å². The quantitative estimate of drug-likeness (QED) is 0.368. The minimum absolute atomic E-state index is 0.121. The second-order valence-electron chi connectivity index (χ2n) is 8.62. The number of piperidine rings is 1. The number of halogens is 1. The lowest BCUT2D eigenvalue weighted by Crippen LogP contribution is -2.73. The highest BCUT2D eigenvalue weighted by molar-refractivity contribution is 9.10. The molecular weight excluding hydrogens is 466 g/mol. The van der Waals surface area contributed by atoms with Gasteiger partial charge >= 0.3 is 11.9 Å². The maximum Gasteiger partial charge on any atom is 0.308 e. The van der Waals surface area contributed by atoms with Crippen LogP contribution in [0.4, 0.5) is 0 Å². The van der Waals surface area contributed by atoms with Crippen LogP contribution in [0.15, 0.2) is 24.3 Å². The van der Waals surface area contributed by atoms with Gasteiger partial charge in [-0.05, 0) is 26.0 Å². The summed E-state index contributed by atoms with van der Waals surface area (Å²) in [6, 6.07) is 5.30. The van der Waals surface area contributed by atoms with Gasteiger partial charge in [0.25, 0.3) is 0 Å². The largest absolute Gasteiger partial charge is 0.493 e. The van der Waals surface area contributed by atoms with Crippen molar-refractivity contribution < 1.29 is 28.9 Å². The molecule has 31 heavy (non-hydrogen) atoms. The van der Waals surface area contributed by atoms with Crippen LogP contribution in [0.1, 0.15) is 38.7 Å². The van der Waals surface area contributed by atoms with E-state index in [1.54, 1.807) is 30.4 Å². The second-order valence-corrected chi connectivity index (χ2v) is 10.1. The highest BCUT2D eigenvalue weighted by atomic mass is 79.9. The van der Waals surface area contributed by atoms with Crippen LogP contribution in [-0.4, -0.2) is 65.7 Å². The smallest absolute Gasteiger partial charge is 0.308 e. The van der Waals surface area contributed by atoms with Crippen molar-refractivity contribution in [2.24, 2.45) is 5.41 Å². The molecule has 1 aliphatic carbocycles. The SMILES string of the molecule is COc1cccc(/C=C\[C@@]2(O)[C@]3(Br)CCC[C@@]2(COC(C)=O)CN(C)C3)c1OC(C)=O. The molecule has 0 spiro atoms. The van der Waals surface area contributed by atoms with E-state index < -0.39 is 21.3 Å². The number of carbonyl (C=O) groups excluding carboxylic acids is 2. The summed E-state index contributed by atoms with van der Waals surface area (Å²) in [5, 5.41) is 12.2. The molecule has 1 aromatic carbocycles. The van der Waals surface area contributed by atoms with Gasteiger partial charge in [-0.2, -0.15) is 0 Å². The van der Waals surface area contributed by atoms with Crippen molar-refractivity contribution in [3.8, 4) is 11.5 Å². The lowest BCUT2D eigenvalue weighted by atomic mass is 9.55. The van der Waals surface area contributed by atoms with Gasteiger partial charge in [-0.25, -0.2) is 0 Å². The fourth-order valence-corrected chi connectivity index (χ4v) is 6.31. The van der Waals surface area contributed by atoms with E-state index in [1.165, 1.54) is 21.0 Å². The average molecular weight is 496 g/mol. The van der Waals surface area contributed by atoms with Crippen LogP contribution in [0.3, 0.4) is 0 Å². The Labute approximate surface area is 191 Å². The minimum Gasteiger partial charge on any atom is -0.493 e. The number of hydrogen-bond acceptors (Lipinski definition) is 7. The lowest BCUT2D eigenvalue weighted by molar-refractivity contribution is -0.180. The van der Waals surface area contributed by atoms with Crippen LogP contribution < -0.4 is 9.47 Å². The molecule has 1 saturated heterocycles. The van der Waals surface area contributed by atoms with E-state index in [9.17, 15) is 14.7 Å². The lowest BCUT2D eigenvalue weighted by Gasteiger charge is -2.62. The number of para-hydroxylation sites is 1. The van der Waals surface area contributed by atoms with Crippen LogP contribution in [0, 0.1) is 5.41 Å². The molecule has 0 amide bonds. The first-order valence-electron chi connectivity index (χ1n) is 10.3. The first kappa shape index (κ1) is 23.8. The molecule has 2 aliphatic rings. The number of esters is 2. The van der Waals surface area contributed by atoms with Gasteiger partial charge < -0.3 is 24.2 Å². The number of fused-ring (bicyclic) bond motifs is 2. The van der Waals surface area contributed by atoms with Gasteiger partial charge in [0.1, 0.15) is 12.2 Å². The number of ether oxygens (including phenoxy) is 3. The monoisotopic (exact) mass is 495 g/mol. The fourth-order valence-electron chi connectivity index (χ4n) is 5.04. The summed E-state index contributed by atoms with van der Waals surface area (Å²) < 4.78 is 15.6. The third-order valence-electron chi connectivity index (χ3n) is 6.34. The Hall–Kier alpha value is -1.90. The van der Waals surface area contributed by atoms with Crippen molar-refractivity contribution in [3.63, 3.8) is 0 Å². The molecule has 2 bridgehead atoms. The van der Waals surface area contributed by atoms with Crippen molar-refractivity contribution in [2.45, 2.75) is 43.0 Å². The van der Waals surface area contributed by atoms with Crippen LogP contribution in [0.2, 0.25) is 0 Å². The molecular formula is C23H30BrNO6. The molecule has 8 heteroatoms. The number of aliphatic hydroxyl groups is 1. The van der Waals surface area contributed by atoms with Crippen molar-refractivity contribution in [3.05, 3.63) is 29.8 Å². The topological polar surface area (TPSA) is 85.3 Å². The summed E-state index contributed by atoms with van der Waals surface area (Å²) in [4.78, 5) is 25.4. The molecule has 7 nitrogen and oxygen atoms in total. The van der Waals surface area contributed by atoms with E-state index in [4.69, 9.17) is 14.2 Å². The van der Waals surface area contributed by atoms with Gasteiger partial charge in [-0.15, -0.1) is 0 Å². The summed E-state index contributed by atoms with van der Waals surface area (Å²) in [5.41, 5.74) is -1.36. The van der Waals surface area contributed by atoms with E-state index in [2.05, 4.69) is 20.8 Å². The summed E-state index contributed by atoms with van der Waals surface area (Å²) in [5.74, 6) is -0.105. The maximum atomic E-state index is 12.2. The van der Waals surface area contributed by atoms with E-state index in [1.807, 2.05) is 7.05 Å². The van der Waals surface area contributed by atoms with Crippen molar-refractivity contribution >= 4 is 33.9 Å². The van der Waals surface area contributed by atoms with Gasteiger partial charge in [0.05, 0.1) is 16.8 Å². The zero-order chi connectivity index (χ0) is 22.9. The van der Waals surface area contributed by atoms with Crippen molar-refractivity contribution in [2.75, 3.05) is 33.9 Å². The van der Waals surface area contributed by atoms with Crippen LogP contribution in [0.25, 0.3) is 6.08 Å². The molecule has 1 heterocycles. The molecule has 3 atom stereocenters. The van der Waals surface area contributed by atoms with Crippen LogP contribution in [-0.2, 0) is 14.3 Å². The predicted molar refractivity (Wildman–Crippen MR) is 120 cm³/mol. The Morgan fingerprint density at radius 2 is 1.97 bits per heavy atom. The first-order chi connectivity index (χ1) is 14.6. The fraction of sp³-hybridized carbons (Fsp3) is 0.565. The van der Waals surface area contributed by atoms with E-state index in [0.717, 1.165) is 12.8 Å². The third-order valence-corrected chi connectivity index (χ3v) is 7.60. The Morgan fingerprint density at radius 3 is 2.61 bits per heavy atom. The molecule has 3 rings (SSSR count). The molecule has 1 saturated carbocycles. The van der Waals surface area contributed by atoms with E-state index >= 15 is 0 Å². The number of nitrogens with zero attached hydrogens (tertiary/aromatic N) is 1. The van der Waals surface area contributed by atoms with Crippen LogP contribution in [0.5, 0.6) is 11.5 Å². The summed E-state index contributed by atoms with van der Waals surface area (Å²) in [6.07, 6.45) is 5.92. The number of carbonyl (C=O) groups is 2. The molecule has 2 fully saturated rings. The number of rotatable bonds is 6. The average Bonchev–Trinajstić information content (AvgIpc) is 2.67. The number of benzene rings is 1. The van der Waals surface area contributed by atoms with Crippen LogP contribution >= 0.6 is 15.9 Å². The zero-order valence-electron chi connectivity index (χ0n) is 18.4. The van der Waals surface area contributed by atoms with Gasteiger partial charge in [0.2, 0.25) is 0 Å². The van der Waals surface area contributed by atoms with Gasteiger partial charge in [0, 0.05) is 32.5 Å². The van der Waals surface area contributed by atoms with Crippen molar-refractivity contribution in [1.82, 2.24) is 4.90 Å². The summed E-state index contributed by atoms with van der Waals surface area (Å²) >= 11 is 3.86. The number of likely N-dealkylation sites (tertiary alicyclic amines) is 1. The zero-order valence-corrected chi connectivity index (χ0v) is 20.0. The molecule has 170 valence electrons. The standard InChI is InChI=1S/C23H30BrNO6/c1-16(26)30-15-21-10-6-11-22(24,14-25(3)13-21)23(21,28)12-9-18-7-5-8-19(29-4)20(18)31-17(2)27/h5,7-9,12,28H,6,10-11,13-15H2,1-4H3/b12-9-/t21-,22-,23-/m0/s1. The number of hydrogen-bond donors (Lipinski definition) is 1. The maximum absolute atomic E-state index is 12.2. The third kappa shape index (κ3) is 4.38. The van der Waals surface area contributed by atoms with Gasteiger partial charge in [-0.3, -0.25) is 9.59 Å². The summed E-state index contributed by atoms with van der Waals surface area (Å²) in [7, 11) is 3.51. The Morgan fingerprint density at radius 1 is 1.23 bits per heavy atom. The van der Waals surface area contributed by atoms with Gasteiger partial charge in [0.15, 0.2) is 11.5 Å². The molecule has 0 radical (unpaired) electrons.